The van der Waals surface area contributed by atoms with Crippen molar-refractivity contribution >= 4 is 29.1 Å². The minimum atomic E-state index is -0.697. The topological polar surface area (TPSA) is 70.1 Å². The normalized spacial score (nSPS) is 18.5. The van der Waals surface area contributed by atoms with Gasteiger partial charge in [0.15, 0.2) is 0 Å². The molecule has 1 aliphatic heterocycles. The molecule has 7 heteroatoms. The van der Waals surface area contributed by atoms with Gasteiger partial charge in [-0.1, -0.05) is 23.7 Å². The van der Waals surface area contributed by atoms with Gasteiger partial charge in [-0.25, -0.2) is 0 Å². The fourth-order valence-corrected chi connectivity index (χ4v) is 3.44. The number of aliphatic hydroxyl groups is 1. The molecule has 3 rings (SSSR count). The molecule has 0 aromatic heterocycles. The maximum atomic E-state index is 12.9. The standard InChI is InChI=1S/C22H23ClN2O4/c1-24(2)12-13-25-19(14-4-8-16(23)9-5-14)18(21(27)22(25)28)20(26)15-6-10-17(29-3)11-7-15/h4-11,19,26H,12-13H2,1-3H3. The minimum Gasteiger partial charge on any atom is -0.507 e. The zero-order valence-electron chi connectivity index (χ0n) is 16.6. The maximum absolute atomic E-state index is 12.9. The molecule has 29 heavy (non-hydrogen) atoms. The van der Waals surface area contributed by atoms with Crippen LogP contribution in [0.1, 0.15) is 17.2 Å². The van der Waals surface area contributed by atoms with Crippen LogP contribution in [0, 0.1) is 0 Å². The maximum Gasteiger partial charge on any atom is 0.295 e. The molecule has 1 heterocycles. The second-order valence-corrected chi connectivity index (χ2v) is 7.51. The van der Waals surface area contributed by atoms with Crippen LogP contribution in [0.4, 0.5) is 0 Å². The zero-order chi connectivity index (χ0) is 21.1. The van der Waals surface area contributed by atoms with Crippen LogP contribution in [-0.4, -0.2) is 60.9 Å². The molecule has 1 amide bonds. The average molecular weight is 415 g/mol. The van der Waals surface area contributed by atoms with Crippen LogP contribution in [0.2, 0.25) is 5.02 Å². The van der Waals surface area contributed by atoms with E-state index in [9.17, 15) is 14.7 Å². The van der Waals surface area contributed by atoms with Gasteiger partial charge in [0.25, 0.3) is 11.7 Å². The third kappa shape index (κ3) is 4.28. The average Bonchev–Trinajstić information content (AvgIpc) is 2.97. The predicted molar refractivity (Wildman–Crippen MR) is 112 cm³/mol. The zero-order valence-corrected chi connectivity index (χ0v) is 17.3. The number of benzene rings is 2. The second kappa shape index (κ2) is 8.68. The number of hydrogen-bond acceptors (Lipinski definition) is 5. The Kier molecular flexibility index (Phi) is 6.25. The first-order valence-corrected chi connectivity index (χ1v) is 9.54. The van der Waals surface area contributed by atoms with Gasteiger partial charge in [-0.05, 0) is 56.1 Å². The lowest BCUT2D eigenvalue weighted by Gasteiger charge is -2.26. The van der Waals surface area contributed by atoms with Crippen LogP contribution in [0.3, 0.4) is 0 Å². The molecule has 0 aliphatic carbocycles. The van der Waals surface area contributed by atoms with Gasteiger partial charge in [0.1, 0.15) is 11.5 Å². The van der Waals surface area contributed by atoms with E-state index in [1.54, 1.807) is 55.6 Å². The first kappa shape index (κ1) is 20.9. The highest BCUT2D eigenvalue weighted by Crippen LogP contribution is 2.39. The number of hydrogen-bond donors (Lipinski definition) is 1. The Morgan fingerprint density at radius 1 is 1.10 bits per heavy atom. The van der Waals surface area contributed by atoms with E-state index in [1.807, 2.05) is 19.0 Å². The van der Waals surface area contributed by atoms with E-state index in [4.69, 9.17) is 16.3 Å². The molecule has 1 unspecified atom stereocenters. The van der Waals surface area contributed by atoms with E-state index < -0.39 is 17.7 Å². The molecule has 152 valence electrons. The number of aliphatic hydroxyl groups excluding tert-OH is 1. The molecule has 2 aromatic rings. The predicted octanol–water partition coefficient (Wildman–Crippen LogP) is 3.33. The van der Waals surface area contributed by atoms with Gasteiger partial charge in [0, 0.05) is 23.7 Å². The van der Waals surface area contributed by atoms with Crippen molar-refractivity contribution in [2.75, 3.05) is 34.3 Å². The van der Waals surface area contributed by atoms with E-state index in [0.29, 0.717) is 35.0 Å². The Hall–Kier alpha value is -2.83. The Morgan fingerprint density at radius 2 is 1.72 bits per heavy atom. The van der Waals surface area contributed by atoms with Crippen molar-refractivity contribution in [2.24, 2.45) is 0 Å². The third-order valence-corrected chi connectivity index (χ3v) is 5.13. The summed E-state index contributed by atoms with van der Waals surface area (Å²) in [5.41, 5.74) is 1.22. The lowest BCUT2D eigenvalue weighted by Crippen LogP contribution is -2.35. The largest absolute Gasteiger partial charge is 0.507 e. The van der Waals surface area contributed by atoms with Crippen LogP contribution < -0.4 is 4.74 Å². The van der Waals surface area contributed by atoms with Crippen molar-refractivity contribution in [1.82, 2.24) is 9.80 Å². The molecule has 1 saturated heterocycles. The quantitative estimate of drug-likeness (QED) is 0.446. The van der Waals surface area contributed by atoms with Gasteiger partial charge in [0.05, 0.1) is 18.7 Å². The van der Waals surface area contributed by atoms with Crippen molar-refractivity contribution in [3.8, 4) is 5.75 Å². The molecular formula is C22H23ClN2O4. The molecule has 0 bridgehead atoms. The molecule has 1 atom stereocenters. The van der Waals surface area contributed by atoms with Crippen molar-refractivity contribution in [2.45, 2.75) is 6.04 Å². The Labute approximate surface area is 174 Å². The summed E-state index contributed by atoms with van der Waals surface area (Å²) in [7, 11) is 5.34. The molecule has 1 N–H and O–H groups in total. The number of halogens is 1. The Morgan fingerprint density at radius 3 is 2.28 bits per heavy atom. The molecule has 0 radical (unpaired) electrons. The summed E-state index contributed by atoms with van der Waals surface area (Å²) < 4.78 is 5.14. The van der Waals surface area contributed by atoms with Crippen LogP contribution in [-0.2, 0) is 9.59 Å². The van der Waals surface area contributed by atoms with E-state index in [2.05, 4.69) is 0 Å². The summed E-state index contributed by atoms with van der Waals surface area (Å²) in [5.74, 6) is -0.903. The van der Waals surface area contributed by atoms with Gasteiger partial charge in [0.2, 0.25) is 0 Å². The number of likely N-dealkylation sites (tertiary alicyclic amines) is 1. The van der Waals surface area contributed by atoms with Crippen LogP contribution in [0.5, 0.6) is 5.75 Å². The molecule has 1 aliphatic rings. The lowest BCUT2D eigenvalue weighted by atomic mass is 9.95. The van der Waals surface area contributed by atoms with E-state index in [0.717, 1.165) is 0 Å². The number of ketones is 1. The van der Waals surface area contributed by atoms with Crippen molar-refractivity contribution in [1.29, 1.82) is 0 Å². The highest BCUT2D eigenvalue weighted by Gasteiger charge is 2.45. The monoisotopic (exact) mass is 414 g/mol. The summed E-state index contributed by atoms with van der Waals surface area (Å²) >= 11 is 6.01. The number of ether oxygens (including phenoxy) is 1. The highest BCUT2D eigenvalue weighted by molar-refractivity contribution is 6.46. The van der Waals surface area contributed by atoms with Gasteiger partial charge < -0.3 is 19.6 Å². The number of Topliss-reactive ketones (excluding diaryl/α,β-unsaturated/α-hetero) is 1. The Balaban J connectivity index is 2.11. The van der Waals surface area contributed by atoms with Gasteiger partial charge in [-0.15, -0.1) is 0 Å². The van der Waals surface area contributed by atoms with Crippen molar-refractivity contribution < 1.29 is 19.4 Å². The summed E-state index contributed by atoms with van der Waals surface area (Å²) in [4.78, 5) is 29.1. The van der Waals surface area contributed by atoms with Gasteiger partial charge >= 0.3 is 0 Å². The number of likely N-dealkylation sites (N-methyl/N-ethyl adjacent to an activating group) is 1. The first-order chi connectivity index (χ1) is 13.8. The van der Waals surface area contributed by atoms with Crippen molar-refractivity contribution in [3.63, 3.8) is 0 Å². The summed E-state index contributed by atoms with van der Waals surface area (Å²) in [6.07, 6.45) is 0. The summed E-state index contributed by atoms with van der Waals surface area (Å²) in [5, 5.41) is 11.5. The molecule has 2 aromatic carbocycles. The van der Waals surface area contributed by atoms with Crippen LogP contribution >= 0.6 is 11.6 Å². The van der Waals surface area contributed by atoms with Crippen molar-refractivity contribution in [3.05, 3.63) is 70.3 Å². The Bertz CT molecular complexity index is 936. The number of carbonyl (C=O) groups is 2. The molecule has 6 nitrogen and oxygen atoms in total. The SMILES string of the molecule is COc1ccc(C(O)=C2C(=O)C(=O)N(CCN(C)C)C2c2ccc(Cl)cc2)cc1. The molecule has 1 fully saturated rings. The molecule has 0 saturated carbocycles. The number of nitrogens with zero attached hydrogens (tertiary/aromatic N) is 2. The van der Waals surface area contributed by atoms with Gasteiger partial charge in [-0.2, -0.15) is 0 Å². The molecular weight excluding hydrogens is 392 g/mol. The first-order valence-electron chi connectivity index (χ1n) is 9.16. The highest BCUT2D eigenvalue weighted by atomic mass is 35.5. The van der Waals surface area contributed by atoms with Crippen LogP contribution in [0.15, 0.2) is 54.1 Å². The van der Waals surface area contributed by atoms with E-state index >= 15 is 0 Å². The summed E-state index contributed by atoms with van der Waals surface area (Å²) in [6, 6.07) is 12.9. The summed E-state index contributed by atoms with van der Waals surface area (Å²) in [6.45, 7) is 0.934. The number of methoxy groups -OCH3 is 1. The number of rotatable bonds is 6. The van der Waals surface area contributed by atoms with Gasteiger partial charge in [-0.3, -0.25) is 9.59 Å². The van der Waals surface area contributed by atoms with E-state index in [-0.39, 0.29) is 11.3 Å². The molecule has 0 spiro atoms. The third-order valence-electron chi connectivity index (χ3n) is 4.88. The fraction of sp³-hybridized carbons (Fsp3) is 0.273. The smallest absolute Gasteiger partial charge is 0.295 e. The number of amides is 1. The number of carbonyl (C=O) groups excluding carboxylic acids is 2. The second-order valence-electron chi connectivity index (χ2n) is 7.08. The van der Waals surface area contributed by atoms with E-state index in [1.165, 1.54) is 4.90 Å². The van der Waals surface area contributed by atoms with Crippen LogP contribution in [0.25, 0.3) is 5.76 Å². The lowest BCUT2D eigenvalue weighted by molar-refractivity contribution is -0.140. The fourth-order valence-electron chi connectivity index (χ4n) is 3.31. The minimum absolute atomic E-state index is 0.0706.